The molecule has 0 N–H and O–H groups in total. The molecule has 2 rings (SSSR count). The summed E-state index contributed by atoms with van der Waals surface area (Å²) in [4.78, 5) is 11.8. The number of carbonyl (C=O) groups excluding carboxylic acids is 1. The molecule has 1 aromatic carbocycles. The van der Waals surface area contributed by atoms with Gasteiger partial charge in [0.25, 0.3) is 0 Å². The zero-order valence-electron chi connectivity index (χ0n) is 10.7. The number of rotatable bonds is 3. The molecule has 0 amide bonds. The van der Waals surface area contributed by atoms with Crippen LogP contribution in [0.3, 0.4) is 0 Å². The van der Waals surface area contributed by atoms with Gasteiger partial charge in [-0.15, -0.1) is 0 Å². The van der Waals surface area contributed by atoms with Gasteiger partial charge in [-0.1, -0.05) is 28.9 Å². The third-order valence-corrected chi connectivity index (χ3v) is 2.70. The minimum absolute atomic E-state index is 0.330. The van der Waals surface area contributed by atoms with Crippen LogP contribution in [0.1, 0.15) is 28.4 Å². The Labute approximate surface area is 106 Å². The summed E-state index contributed by atoms with van der Waals surface area (Å²) < 4.78 is 9.88. The van der Waals surface area contributed by atoms with Crippen LogP contribution < -0.4 is 0 Å². The number of aromatic nitrogens is 1. The van der Waals surface area contributed by atoms with Gasteiger partial charge in [0.1, 0.15) is 17.5 Å². The van der Waals surface area contributed by atoms with E-state index in [0.29, 0.717) is 17.9 Å². The normalized spacial score (nSPS) is 10.4. The second-order valence-electron chi connectivity index (χ2n) is 4.12. The Bertz CT molecular complexity index is 572. The zero-order chi connectivity index (χ0) is 13.1. The van der Waals surface area contributed by atoms with Crippen LogP contribution in [0.5, 0.6) is 0 Å². The third kappa shape index (κ3) is 2.27. The molecular formula is C14H15NO3. The monoisotopic (exact) mass is 245 g/mol. The first-order chi connectivity index (χ1) is 8.63. The molecule has 1 aromatic heterocycles. The molecular weight excluding hydrogens is 230 g/mol. The Kier molecular flexibility index (Phi) is 3.46. The molecule has 4 heteroatoms. The number of nitrogens with zero attached hydrogens (tertiary/aromatic N) is 1. The van der Waals surface area contributed by atoms with Gasteiger partial charge >= 0.3 is 5.97 Å². The van der Waals surface area contributed by atoms with Crippen molar-refractivity contribution in [3.63, 3.8) is 0 Å². The van der Waals surface area contributed by atoms with Crippen molar-refractivity contribution >= 4 is 5.97 Å². The summed E-state index contributed by atoms with van der Waals surface area (Å²) in [6.45, 7) is 6.09. The lowest BCUT2D eigenvalue weighted by Gasteiger charge is -2.05. The van der Waals surface area contributed by atoms with Crippen LogP contribution in [0.25, 0.3) is 11.3 Å². The largest absolute Gasteiger partial charge is 0.462 e. The molecule has 0 atom stereocenters. The van der Waals surface area contributed by atoms with Gasteiger partial charge in [-0.2, -0.15) is 0 Å². The average molecular weight is 245 g/mol. The lowest BCUT2D eigenvalue weighted by atomic mass is 10.0. The molecule has 0 fully saturated rings. The smallest absolute Gasteiger partial charge is 0.343 e. The fourth-order valence-corrected chi connectivity index (χ4v) is 1.86. The van der Waals surface area contributed by atoms with Crippen molar-refractivity contribution in [2.24, 2.45) is 0 Å². The maximum absolute atomic E-state index is 11.8. The molecule has 0 aliphatic heterocycles. The van der Waals surface area contributed by atoms with Crippen molar-refractivity contribution in [1.29, 1.82) is 0 Å². The Morgan fingerprint density at radius 3 is 2.83 bits per heavy atom. The average Bonchev–Trinajstić information content (AvgIpc) is 2.78. The van der Waals surface area contributed by atoms with Crippen LogP contribution in [0.4, 0.5) is 0 Å². The predicted molar refractivity (Wildman–Crippen MR) is 67.4 cm³/mol. The van der Waals surface area contributed by atoms with Gasteiger partial charge in [0.05, 0.1) is 6.61 Å². The predicted octanol–water partition coefficient (Wildman–Crippen LogP) is 3.14. The van der Waals surface area contributed by atoms with E-state index in [4.69, 9.17) is 9.26 Å². The van der Waals surface area contributed by atoms with Crippen LogP contribution in [0.15, 0.2) is 29.0 Å². The molecule has 0 aliphatic carbocycles. The third-order valence-electron chi connectivity index (χ3n) is 2.70. The van der Waals surface area contributed by atoms with E-state index in [2.05, 4.69) is 5.16 Å². The number of ether oxygens (including phenoxy) is 1. The Morgan fingerprint density at radius 2 is 2.17 bits per heavy atom. The topological polar surface area (TPSA) is 52.3 Å². The molecule has 4 nitrogen and oxygen atoms in total. The number of hydrogen-bond acceptors (Lipinski definition) is 4. The lowest BCUT2D eigenvalue weighted by Crippen LogP contribution is -2.05. The van der Waals surface area contributed by atoms with Crippen LogP contribution in [-0.2, 0) is 4.74 Å². The summed E-state index contributed by atoms with van der Waals surface area (Å²) in [6, 6.07) is 5.95. The molecule has 94 valence electrons. The molecule has 0 unspecified atom stereocenters. The van der Waals surface area contributed by atoms with Crippen molar-refractivity contribution in [3.05, 3.63) is 41.2 Å². The highest BCUT2D eigenvalue weighted by Crippen LogP contribution is 2.26. The molecule has 0 bridgehead atoms. The first-order valence-corrected chi connectivity index (χ1v) is 5.82. The lowest BCUT2D eigenvalue weighted by molar-refractivity contribution is 0.0526. The van der Waals surface area contributed by atoms with E-state index in [1.165, 1.54) is 6.26 Å². The number of hydrogen-bond donors (Lipinski definition) is 0. The van der Waals surface area contributed by atoms with Crippen molar-refractivity contribution in [3.8, 4) is 11.3 Å². The van der Waals surface area contributed by atoms with Crippen LogP contribution >= 0.6 is 0 Å². The number of esters is 1. The number of benzene rings is 1. The summed E-state index contributed by atoms with van der Waals surface area (Å²) in [5, 5.41) is 3.90. The van der Waals surface area contributed by atoms with Crippen molar-refractivity contribution < 1.29 is 14.1 Å². The molecule has 0 spiro atoms. The molecule has 0 saturated carbocycles. The van der Waals surface area contributed by atoms with E-state index in [1.807, 2.05) is 32.0 Å². The second-order valence-corrected chi connectivity index (χ2v) is 4.12. The van der Waals surface area contributed by atoms with E-state index < -0.39 is 5.97 Å². The Morgan fingerprint density at radius 1 is 1.39 bits per heavy atom. The SMILES string of the molecule is CCOC(=O)c1conc1-c1ccc(C)cc1C. The van der Waals surface area contributed by atoms with Crippen LogP contribution in [-0.4, -0.2) is 17.7 Å². The maximum Gasteiger partial charge on any atom is 0.343 e. The fourth-order valence-electron chi connectivity index (χ4n) is 1.86. The molecule has 18 heavy (non-hydrogen) atoms. The van der Waals surface area contributed by atoms with Gasteiger partial charge in [-0.05, 0) is 26.3 Å². The molecule has 2 aromatic rings. The minimum Gasteiger partial charge on any atom is -0.462 e. The van der Waals surface area contributed by atoms with Crippen molar-refractivity contribution in [2.45, 2.75) is 20.8 Å². The summed E-state index contributed by atoms with van der Waals surface area (Å²) in [6.07, 6.45) is 1.33. The van der Waals surface area contributed by atoms with Crippen molar-refractivity contribution in [2.75, 3.05) is 6.61 Å². The van der Waals surface area contributed by atoms with E-state index in [0.717, 1.165) is 16.7 Å². The van der Waals surface area contributed by atoms with E-state index in [9.17, 15) is 4.79 Å². The fraction of sp³-hybridized carbons (Fsp3) is 0.286. The van der Waals surface area contributed by atoms with Gasteiger partial charge in [0.15, 0.2) is 0 Å². The van der Waals surface area contributed by atoms with Gasteiger partial charge in [-0.25, -0.2) is 4.79 Å². The summed E-state index contributed by atoms with van der Waals surface area (Å²) in [5.74, 6) is -0.409. The summed E-state index contributed by atoms with van der Waals surface area (Å²) in [5.41, 5.74) is 4.00. The maximum atomic E-state index is 11.8. The number of aryl methyl sites for hydroxylation is 2. The molecule has 1 heterocycles. The van der Waals surface area contributed by atoms with Gasteiger partial charge in [-0.3, -0.25) is 0 Å². The Balaban J connectivity index is 2.45. The van der Waals surface area contributed by atoms with Crippen LogP contribution in [0, 0.1) is 13.8 Å². The number of carbonyl (C=O) groups is 1. The highest BCUT2D eigenvalue weighted by atomic mass is 16.5. The highest BCUT2D eigenvalue weighted by Gasteiger charge is 2.19. The summed E-state index contributed by atoms with van der Waals surface area (Å²) in [7, 11) is 0. The molecule has 0 aliphatic rings. The quantitative estimate of drug-likeness (QED) is 0.779. The Hall–Kier alpha value is -2.10. The second kappa shape index (κ2) is 5.04. The van der Waals surface area contributed by atoms with Crippen LogP contribution in [0.2, 0.25) is 0 Å². The highest BCUT2D eigenvalue weighted by molar-refractivity contribution is 5.96. The van der Waals surface area contributed by atoms with Gasteiger partial charge in [0, 0.05) is 5.56 Å². The first-order valence-electron chi connectivity index (χ1n) is 5.82. The minimum atomic E-state index is -0.409. The summed E-state index contributed by atoms with van der Waals surface area (Å²) >= 11 is 0. The first kappa shape index (κ1) is 12.4. The van der Waals surface area contributed by atoms with E-state index in [-0.39, 0.29) is 0 Å². The van der Waals surface area contributed by atoms with Gasteiger partial charge < -0.3 is 9.26 Å². The van der Waals surface area contributed by atoms with E-state index in [1.54, 1.807) is 6.92 Å². The van der Waals surface area contributed by atoms with E-state index >= 15 is 0 Å². The molecule has 0 radical (unpaired) electrons. The van der Waals surface area contributed by atoms with Crippen molar-refractivity contribution in [1.82, 2.24) is 5.16 Å². The zero-order valence-corrected chi connectivity index (χ0v) is 10.7. The van der Waals surface area contributed by atoms with Gasteiger partial charge in [0.2, 0.25) is 0 Å². The molecule has 0 saturated heterocycles. The standard InChI is InChI=1S/C14H15NO3/c1-4-17-14(16)12-8-18-15-13(12)11-6-5-9(2)7-10(11)3/h5-8H,4H2,1-3H3.